The molecule has 0 bridgehead atoms. The predicted molar refractivity (Wildman–Crippen MR) is 379 cm³/mol. The molecule has 5 aliphatic rings. The van der Waals surface area contributed by atoms with Crippen LogP contribution in [0.15, 0.2) is 24.4 Å². The first-order chi connectivity index (χ1) is 44.4. The molecule has 4 amide bonds. The van der Waals surface area contributed by atoms with E-state index in [1.165, 1.54) is 25.7 Å². The summed E-state index contributed by atoms with van der Waals surface area (Å²) in [6.45, 7) is 50.9. The van der Waals surface area contributed by atoms with Crippen molar-refractivity contribution in [3.63, 3.8) is 0 Å². The summed E-state index contributed by atoms with van der Waals surface area (Å²) in [6, 6.07) is 6.36. The first-order valence-corrected chi connectivity index (χ1v) is 35.6. The normalized spacial score (nSPS) is 16.2. The van der Waals surface area contributed by atoms with E-state index in [1.54, 1.807) is 18.0 Å². The number of nitrogens with zero attached hydrogens (tertiary/aromatic N) is 6. The number of carbonyl (C=O) groups is 5. The Hall–Kier alpha value is -3.94. The monoisotopic (exact) mass is 1340 g/mol. The summed E-state index contributed by atoms with van der Waals surface area (Å²) in [6.07, 6.45) is 15.1. The molecule has 0 aromatic carbocycles. The van der Waals surface area contributed by atoms with Crippen LogP contribution in [0.25, 0.3) is 0 Å². The van der Waals surface area contributed by atoms with Crippen LogP contribution in [0.4, 0.5) is 0 Å². The van der Waals surface area contributed by atoms with Crippen LogP contribution in [0.5, 0.6) is 0 Å². The first kappa shape index (κ1) is 94.2. The van der Waals surface area contributed by atoms with Crippen molar-refractivity contribution >= 4 is 29.6 Å². The van der Waals surface area contributed by atoms with Gasteiger partial charge in [-0.1, -0.05) is 53.5 Å². The Balaban J connectivity index is -0.00000101. The van der Waals surface area contributed by atoms with E-state index in [0.717, 1.165) is 103 Å². The third-order valence-electron chi connectivity index (χ3n) is 14.3. The summed E-state index contributed by atoms with van der Waals surface area (Å²) in [5.74, 6) is 1.05. The van der Waals surface area contributed by atoms with E-state index in [9.17, 15) is 24.0 Å². The van der Waals surface area contributed by atoms with Crippen molar-refractivity contribution in [3.8, 4) is 0 Å². The van der Waals surface area contributed by atoms with Crippen molar-refractivity contribution in [1.82, 2.24) is 29.5 Å². The standard InChI is InChI=1S/C11H21NO2.2C10H20N2O2.C9H17NO3.C9H13NO.C8H16O.C7H17NO.C6H12O2.C2H6/c1-9(2)14-8-11(13)12-6-4-10(3)5-7-12;2*1-8(2)14-7-10(13)12-5-3-9(11)4-6-12;1-8(2)13-7-9(11)10-3-5-12-6-4-10;1-8(2)11-7-9-5-3-4-6-10-9;1-7(2)9-8-5-3-4-6-8;1-7(2)9-6-5-8(3)4;1-4-8-6(7)5(2)3;1-2/h9-10H,4-8H2,1-3H3;2*8-9H,3-7,11H2,1-2H3;8H,3-7H2,1-2H3;3-6,8H,7H2,1-2H3;7-8H,3-6H2,1-2H3;7H,5-6H2,1-4H3;5H,4H2,1-3H3;1-2H3. The average molecular weight is 1340 g/mol. The van der Waals surface area contributed by atoms with Crippen LogP contribution in [-0.2, 0) is 73.2 Å². The molecule has 22 heteroatoms. The van der Waals surface area contributed by atoms with E-state index in [4.69, 9.17) is 49.4 Å². The van der Waals surface area contributed by atoms with E-state index < -0.39 is 0 Å². The SMILES string of the molecule is CC.CC(C)OC1CCCC1.CC(C)OCC(=O)N1CCC(N)CC1.CC(C)OCC(=O)N1CCC(N)CC1.CC(C)OCC(=O)N1CCOCC1.CC(C)OCCN(C)C.CC(C)OCc1ccccn1.CC1CCN(C(=O)COC(C)C)CC1.CCOC(=O)C(C)C. The number of amides is 4. The van der Waals surface area contributed by atoms with Crippen LogP contribution in [0, 0.1) is 11.8 Å². The van der Waals surface area contributed by atoms with E-state index in [1.807, 2.05) is 144 Å². The van der Waals surface area contributed by atoms with Gasteiger partial charge in [-0.15, -0.1) is 0 Å². The third kappa shape index (κ3) is 58.2. The lowest BCUT2D eigenvalue weighted by Crippen LogP contribution is -2.44. The number of rotatable bonds is 23. The maximum atomic E-state index is 11.6. The average Bonchev–Trinajstić information content (AvgIpc) is 1.35. The Kier molecular flexibility index (Phi) is 60.4. The predicted octanol–water partition coefficient (Wildman–Crippen LogP) is 10.2. The second-order valence-corrected chi connectivity index (χ2v) is 26.3. The molecule has 4 N–H and O–H groups in total. The lowest BCUT2D eigenvalue weighted by molar-refractivity contribution is -0.146. The van der Waals surface area contributed by atoms with Gasteiger partial charge in [0, 0.05) is 77.2 Å². The van der Waals surface area contributed by atoms with Crippen LogP contribution < -0.4 is 11.5 Å². The largest absolute Gasteiger partial charge is 0.466 e. The molecule has 4 saturated heterocycles. The van der Waals surface area contributed by atoms with Gasteiger partial charge in [0.15, 0.2) is 0 Å². The van der Waals surface area contributed by atoms with Crippen molar-refractivity contribution in [2.24, 2.45) is 23.3 Å². The maximum Gasteiger partial charge on any atom is 0.308 e. The summed E-state index contributed by atoms with van der Waals surface area (Å²) < 4.78 is 47.1. The van der Waals surface area contributed by atoms with Crippen molar-refractivity contribution in [3.05, 3.63) is 30.1 Å². The van der Waals surface area contributed by atoms with Crippen molar-refractivity contribution in [2.45, 2.75) is 270 Å². The molecule has 0 atom stereocenters. The lowest BCUT2D eigenvalue weighted by Gasteiger charge is -2.30. The number of esters is 1. The minimum Gasteiger partial charge on any atom is -0.466 e. The molecule has 1 aliphatic carbocycles. The Morgan fingerprint density at radius 1 is 0.521 bits per heavy atom. The van der Waals surface area contributed by atoms with Gasteiger partial charge in [-0.3, -0.25) is 29.0 Å². The number of nitrogens with two attached hydrogens (primary N) is 2. The van der Waals surface area contributed by atoms with Crippen LogP contribution >= 0.6 is 0 Å². The second kappa shape index (κ2) is 60.3. The fourth-order valence-electron chi connectivity index (χ4n) is 8.61. The number of morpholine rings is 1. The molecule has 554 valence electrons. The van der Waals surface area contributed by atoms with Gasteiger partial charge in [0.2, 0.25) is 23.6 Å². The van der Waals surface area contributed by atoms with Gasteiger partial charge in [-0.25, -0.2) is 0 Å². The van der Waals surface area contributed by atoms with E-state index in [2.05, 4.69) is 49.2 Å². The molecule has 1 aromatic heterocycles. The summed E-state index contributed by atoms with van der Waals surface area (Å²) >= 11 is 0. The van der Waals surface area contributed by atoms with Gasteiger partial charge in [0.25, 0.3) is 0 Å². The molecule has 5 heterocycles. The van der Waals surface area contributed by atoms with E-state index in [0.29, 0.717) is 57.8 Å². The quantitative estimate of drug-likeness (QED) is 0.0967. The Labute approximate surface area is 572 Å². The lowest BCUT2D eigenvalue weighted by atomic mass is 9.99. The summed E-state index contributed by atoms with van der Waals surface area (Å²) in [4.78, 5) is 70.3. The third-order valence-corrected chi connectivity index (χ3v) is 14.3. The highest BCUT2D eigenvalue weighted by molar-refractivity contribution is 5.78. The maximum absolute atomic E-state index is 11.6. The van der Waals surface area contributed by atoms with Gasteiger partial charge in [0.1, 0.15) is 26.4 Å². The molecule has 22 nitrogen and oxygen atoms in total. The molecule has 1 aromatic rings. The smallest absolute Gasteiger partial charge is 0.308 e. The highest BCUT2D eigenvalue weighted by Gasteiger charge is 2.24. The topological polar surface area (TPSA) is 250 Å². The van der Waals surface area contributed by atoms with Gasteiger partial charge in [-0.2, -0.15) is 0 Å². The Bertz CT molecular complexity index is 1820. The number of aromatic nitrogens is 1. The molecule has 4 aliphatic heterocycles. The van der Waals surface area contributed by atoms with Gasteiger partial charge < -0.3 is 78.6 Å². The number of hydrogen-bond acceptors (Lipinski definition) is 18. The Morgan fingerprint density at radius 3 is 1.18 bits per heavy atom. The minimum atomic E-state index is -0.118. The van der Waals surface area contributed by atoms with E-state index in [-0.39, 0.29) is 105 Å². The van der Waals surface area contributed by atoms with Gasteiger partial charge in [0.05, 0.1) is 93.5 Å². The van der Waals surface area contributed by atoms with Crippen molar-refractivity contribution < 1.29 is 66.6 Å². The molecular weight excluding hydrogens is 1200 g/mol. The molecule has 94 heavy (non-hydrogen) atoms. The molecule has 5 fully saturated rings. The van der Waals surface area contributed by atoms with Crippen molar-refractivity contribution in [2.75, 3.05) is 126 Å². The molecule has 1 saturated carbocycles. The molecule has 6 rings (SSSR count). The fourth-order valence-corrected chi connectivity index (χ4v) is 8.61. The Morgan fingerprint density at radius 2 is 0.883 bits per heavy atom. The molecule has 0 unspecified atom stereocenters. The zero-order valence-corrected chi connectivity index (χ0v) is 63.6. The fraction of sp³-hybridized carbons (Fsp3) is 0.861. The van der Waals surface area contributed by atoms with Gasteiger partial charge in [-0.05, 0) is 187 Å². The highest BCUT2D eigenvalue weighted by atomic mass is 16.5. The number of hydrogen-bond donors (Lipinski definition) is 2. The zero-order chi connectivity index (χ0) is 72.0. The molecule has 0 radical (unpaired) electrons. The van der Waals surface area contributed by atoms with Gasteiger partial charge >= 0.3 is 5.97 Å². The van der Waals surface area contributed by atoms with Crippen molar-refractivity contribution in [1.29, 1.82) is 0 Å². The van der Waals surface area contributed by atoms with E-state index >= 15 is 0 Å². The summed E-state index contributed by atoms with van der Waals surface area (Å²) in [7, 11) is 4.09. The first-order valence-electron chi connectivity index (χ1n) is 35.6. The van der Waals surface area contributed by atoms with Crippen LogP contribution in [0.1, 0.15) is 208 Å². The van der Waals surface area contributed by atoms with Crippen LogP contribution in [0.2, 0.25) is 0 Å². The number of ether oxygens (including phenoxy) is 9. The minimum absolute atomic E-state index is 0.00921. The molecular formula is C72H142N8O14. The second-order valence-electron chi connectivity index (χ2n) is 26.3. The summed E-state index contributed by atoms with van der Waals surface area (Å²) in [5.41, 5.74) is 12.5. The van der Waals surface area contributed by atoms with Crippen LogP contribution in [0.3, 0.4) is 0 Å². The summed E-state index contributed by atoms with van der Waals surface area (Å²) in [5, 5.41) is 0. The highest BCUT2D eigenvalue weighted by Crippen LogP contribution is 2.22. The number of likely N-dealkylation sites (tertiary alicyclic amines) is 3. The zero-order valence-electron chi connectivity index (χ0n) is 63.6. The number of piperidine rings is 3. The number of pyridine rings is 1. The number of likely N-dealkylation sites (N-methyl/N-ethyl adjacent to an activating group) is 1. The molecule has 0 spiro atoms. The van der Waals surface area contributed by atoms with Crippen LogP contribution in [-0.4, -0.2) is 246 Å². The number of carbonyl (C=O) groups excluding carboxylic acids is 5.